The molecule has 5 atom stereocenters. The number of likely N-dealkylation sites (tertiary alicyclic amines) is 2. The van der Waals surface area contributed by atoms with Gasteiger partial charge in [-0.1, -0.05) is 40.3 Å². The van der Waals surface area contributed by atoms with Crippen LogP contribution in [0.4, 0.5) is 0 Å². The van der Waals surface area contributed by atoms with Crippen molar-refractivity contribution in [3.63, 3.8) is 0 Å². The number of carbonyl (C=O) groups is 5. The van der Waals surface area contributed by atoms with E-state index in [-0.39, 0.29) is 43.4 Å². The number of nitrogens with zero attached hydrogens (tertiary/aromatic N) is 6. The van der Waals surface area contributed by atoms with Crippen LogP contribution in [0.2, 0.25) is 0 Å². The zero-order valence-electron chi connectivity index (χ0n) is 38.6. The van der Waals surface area contributed by atoms with E-state index in [0.29, 0.717) is 63.3 Å². The van der Waals surface area contributed by atoms with E-state index < -0.39 is 46.7 Å². The van der Waals surface area contributed by atoms with Gasteiger partial charge in [-0.3, -0.25) is 34.0 Å². The summed E-state index contributed by atoms with van der Waals surface area (Å²) >= 11 is 1.41. The molecule has 1 aromatic carbocycles. The number of hydrogen-bond acceptors (Lipinski definition) is 11. The van der Waals surface area contributed by atoms with Crippen LogP contribution < -0.4 is 10.7 Å². The van der Waals surface area contributed by atoms with Gasteiger partial charge in [-0.25, -0.2) is 10.4 Å². The van der Waals surface area contributed by atoms with Gasteiger partial charge < -0.3 is 29.2 Å². The predicted octanol–water partition coefficient (Wildman–Crippen LogP) is 5.86. The van der Waals surface area contributed by atoms with Crippen molar-refractivity contribution in [2.45, 2.75) is 111 Å². The van der Waals surface area contributed by atoms with Crippen molar-refractivity contribution in [3.05, 3.63) is 70.8 Å². The lowest BCUT2D eigenvalue weighted by atomic mass is 9.84. The summed E-state index contributed by atoms with van der Waals surface area (Å²) in [4.78, 5) is 83.0. The molecule has 3 aromatic heterocycles. The fourth-order valence-electron chi connectivity index (χ4n) is 10.3. The number of carbonyl (C=O) groups excluding carboxylic acids is 5. The number of benzene rings is 1. The Morgan fingerprint density at radius 3 is 2.65 bits per heavy atom. The molecule has 1 unspecified atom stereocenters. The normalized spacial score (nSPS) is 23.5. The van der Waals surface area contributed by atoms with E-state index in [0.717, 1.165) is 44.7 Å². The number of methoxy groups -OCH3 is 1. The highest BCUT2D eigenvalue weighted by atomic mass is 32.1. The van der Waals surface area contributed by atoms with Crippen molar-refractivity contribution in [3.8, 4) is 22.5 Å². The molecule has 65 heavy (non-hydrogen) atoms. The molecular weight excluding hydrogens is 845 g/mol. The van der Waals surface area contributed by atoms with Gasteiger partial charge in [0.15, 0.2) is 0 Å². The van der Waals surface area contributed by atoms with Crippen LogP contribution in [0.5, 0.6) is 0 Å². The first-order chi connectivity index (χ1) is 31.1. The Kier molecular flexibility index (Phi) is 13.1. The van der Waals surface area contributed by atoms with Gasteiger partial charge in [-0.05, 0) is 87.8 Å². The maximum absolute atomic E-state index is 14.7. The predicted molar refractivity (Wildman–Crippen MR) is 248 cm³/mol. The first kappa shape index (κ1) is 46.1. The lowest BCUT2D eigenvalue weighted by Gasteiger charge is -2.36. The highest BCUT2D eigenvalue weighted by Crippen LogP contribution is 2.44. The van der Waals surface area contributed by atoms with Crippen LogP contribution in [-0.2, 0) is 52.8 Å². The average molecular weight is 907 g/mol. The minimum absolute atomic E-state index is 0.0867. The third-order valence-corrected chi connectivity index (χ3v) is 14.6. The number of aryl methyl sites for hydroxylation is 1. The zero-order chi connectivity index (χ0) is 46.4. The molecule has 3 saturated heterocycles. The molecule has 16 heteroatoms. The number of hydrogen-bond donors (Lipinski definition) is 2. The third kappa shape index (κ3) is 8.84. The average Bonchev–Trinajstić information content (AvgIpc) is 4.10. The van der Waals surface area contributed by atoms with E-state index in [2.05, 4.69) is 66.9 Å². The summed E-state index contributed by atoms with van der Waals surface area (Å²) in [6, 6.07) is 7.71. The van der Waals surface area contributed by atoms with Crippen molar-refractivity contribution >= 4 is 51.8 Å². The van der Waals surface area contributed by atoms with E-state index in [1.165, 1.54) is 22.4 Å². The van der Waals surface area contributed by atoms with Crippen LogP contribution in [0.3, 0.4) is 0 Å². The van der Waals surface area contributed by atoms with E-state index in [1.807, 2.05) is 32.2 Å². The number of rotatable bonds is 9. The molecular formula is C49H62N8O7S. The van der Waals surface area contributed by atoms with Crippen molar-refractivity contribution in [2.24, 2.45) is 16.7 Å². The van der Waals surface area contributed by atoms with Crippen molar-refractivity contribution in [1.29, 1.82) is 0 Å². The van der Waals surface area contributed by atoms with Crippen LogP contribution in [-0.4, -0.2) is 117 Å². The number of esters is 1. The maximum atomic E-state index is 14.7. The molecule has 0 radical (unpaired) electrons. The number of cyclic esters (lactones) is 1. The maximum Gasteiger partial charge on any atom is 0.324 e. The summed E-state index contributed by atoms with van der Waals surface area (Å²) < 4.78 is 14.2. The molecule has 15 nitrogen and oxygen atoms in total. The molecule has 0 saturated carbocycles. The van der Waals surface area contributed by atoms with Crippen LogP contribution >= 0.6 is 11.3 Å². The largest absolute Gasteiger partial charge is 0.464 e. The number of aromatic nitrogens is 3. The summed E-state index contributed by atoms with van der Waals surface area (Å²) in [5.41, 5.74) is 8.54. The number of ether oxygens (including phenoxy) is 2. The van der Waals surface area contributed by atoms with Gasteiger partial charge in [0.25, 0.3) is 5.91 Å². The van der Waals surface area contributed by atoms with Crippen molar-refractivity contribution in [2.75, 3.05) is 39.9 Å². The molecule has 1 spiro atoms. The molecule has 7 heterocycles. The highest BCUT2D eigenvalue weighted by molar-refractivity contribution is 7.10. The van der Waals surface area contributed by atoms with E-state index in [4.69, 9.17) is 19.4 Å². The number of fused-ring (bicyclic) bond motifs is 6. The Hall–Kier alpha value is -5.45. The van der Waals surface area contributed by atoms with Crippen LogP contribution in [0.15, 0.2) is 54.6 Å². The summed E-state index contributed by atoms with van der Waals surface area (Å²) in [7, 11) is 1.69. The molecule has 3 fully saturated rings. The lowest BCUT2D eigenvalue weighted by Crippen LogP contribution is -2.62. The molecule has 0 aliphatic carbocycles. The monoisotopic (exact) mass is 906 g/mol. The Balaban J connectivity index is 1.17. The molecule has 6 bridgehead atoms. The standard InChI is InChI=1S/C49H62N8O7S/c1-9-40(58)54-21-17-49(27-54)18-22-56(47(49)62)42(29(3)4)44(59)52-36-24-39-51-37(26-65-39)31-15-16-38-33(23-31)34(43(55(38)10-2)32-13-11-19-50-41(32)30(5)63-8)25-48(6,7)28-64-46(61)35-14-12-20-57(53-35)45(36)60/h9,11,13,15-16,19,23,26,29-30,35-36,42,53H,1,10,12,14,17-18,20-22,24-25,27-28H2,2-8H3,(H,52,59)/t30-,35-,36-,42?,49+/m0/s1. The molecule has 346 valence electrons. The Bertz CT molecular complexity index is 2510. The highest BCUT2D eigenvalue weighted by Gasteiger charge is 2.54. The van der Waals surface area contributed by atoms with Gasteiger partial charge in [0, 0.05) is 85.3 Å². The fourth-order valence-corrected chi connectivity index (χ4v) is 11.2. The summed E-state index contributed by atoms with van der Waals surface area (Å²) in [6.45, 7) is 18.0. The number of amides is 4. The van der Waals surface area contributed by atoms with Gasteiger partial charge in [0.1, 0.15) is 18.1 Å². The SMILES string of the molecule is C=CC(=O)N1CC[C@@]2(CCN(C(C(=O)N[C@H]3Cc4nc(cs4)-c4ccc5c(c4)c(c(-c4cccnc4[C@H](C)OC)n5CC)CC(C)(C)COC(=O)[C@@H]4CCCN(N4)C3=O)C(C)C)C2=O)C1. The van der Waals surface area contributed by atoms with Gasteiger partial charge >= 0.3 is 5.97 Å². The minimum Gasteiger partial charge on any atom is -0.464 e. The van der Waals surface area contributed by atoms with E-state index >= 15 is 0 Å². The van der Waals surface area contributed by atoms with Crippen molar-refractivity contribution in [1.82, 2.24) is 40.1 Å². The fraction of sp³-hybridized carbons (Fsp3) is 0.531. The smallest absolute Gasteiger partial charge is 0.324 e. The molecule has 4 aliphatic rings. The number of hydrazine groups is 1. The zero-order valence-corrected chi connectivity index (χ0v) is 39.5. The summed E-state index contributed by atoms with van der Waals surface area (Å²) in [5.74, 6) is -1.96. The quantitative estimate of drug-likeness (QED) is 0.153. The number of nitrogens with one attached hydrogen (secondary N) is 2. The number of thiazole rings is 1. The number of pyridine rings is 1. The molecule has 4 amide bonds. The van der Waals surface area contributed by atoms with Gasteiger partial charge in [0.05, 0.1) is 40.2 Å². The second-order valence-corrected chi connectivity index (χ2v) is 20.1. The lowest BCUT2D eigenvalue weighted by molar-refractivity contribution is -0.155. The van der Waals surface area contributed by atoms with Gasteiger partial charge in [-0.2, -0.15) is 0 Å². The Labute approximate surface area is 384 Å². The minimum atomic E-state index is -1.07. The van der Waals surface area contributed by atoms with Crippen LogP contribution in [0.25, 0.3) is 33.4 Å². The topological polar surface area (TPSA) is 168 Å². The second kappa shape index (κ2) is 18.4. The van der Waals surface area contributed by atoms with Crippen LogP contribution in [0.1, 0.15) is 89.6 Å². The van der Waals surface area contributed by atoms with E-state index in [1.54, 1.807) is 23.1 Å². The van der Waals surface area contributed by atoms with Gasteiger partial charge in [0.2, 0.25) is 17.7 Å². The summed E-state index contributed by atoms with van der Waals surface area (Å²) in [5, 5.41) is 8.17. The van der Waals surface area contributed by atoms with E-state index in [9.17, 15) is 24.0 Å². The molecule has 4 aliphatic heterocycles. The van der Waals surface area contributed by atoms with Crippen molar-refractivity contribution < 1.29 is 33.4 Å². The van der Waals surface area contributed by atoms with Gasteiger partial charge in [-0.15, -0.1) is 11.3 Å². The molecule has 4 aromatic rings. The molecule has 8 rings (SSSR count). The first-order valence-electron chi connectivity index (χ1n) is 22.9. The summed E-state index contributed by atoms with van der Waals surface area (Å²) in [6.07, 6.45) is 5.52. The van der Waals surface area contributed by atoms with Crippen LogP contribution in [0, 0.1) is 16.7 Å². The Morgan fingerprint density at radius 2 is 1.91 bits per heavy atom. The second-order valence-electron chi connectivity index (χ2n) is 19.2. The third-order valence-electron chi connectivity index (χ3n) is 13.8. The molecule has 2 N–H and O–H groups in total. The first-order valence-corrected chi connectivity index (χ1v) is 23.8. The Morgan fingerprint density at radius 1 is 1.12 bits per heavy atom.